The van der Waals surface area contributed by atoms with E-state index in [-0.39, 0.29) is 18.0 Å². The minimum atomic E-state index is -0.271. The van der Waals surface area contributed by atoms with E-state index < -0.39 is 0 Å². The summed E-state index contributed by atoms with van der Waals surface area (Å²) in [6.07, 6.45) is 0. The van der Waals surface area contributed by atoms with Crippen LogP contribution >= 0.6 is 11.8 Å². The second-order valence-corrected chi connectivity index (χ2v) is 4.44. The molecular weight excluding hydrogens is 238 g/mol. The highest BCUT2D eigenvalue weighted by atomic mass is 32.2. The predicted molar refractivity (Wildman–Crippen MR) is 65.8 cm³/mol. The summed E-state index contributed by atoms with van der Waals surface area (Å²) >= 11 is 1.31. The number of nitrogens with one attached hydrogen (secondary N) is 1. The average molecular weight is 249 g/mol. The van der Waals surface area contributed by atoms with Crippen LogP contribution in [-0.4, -0.2) is 15.1 Å². The Morgan fingerprint density at radius 1 is 1.35 bits per heavy atom. The van der Waals surface area contributed by atoms with Crippen LogP contribution in [0.2, 0.25) is 0 Å². The molecule has 0 radical (unpaired) electrons. The topological polar surface area (TPSA) is 92.0 Å². The highest BCUT2D eigenvalue weighted by molar-refractivity contribution is 7.99. The molecule has 88 valence electrons. The van der Waals surface area contributed by atoms with Crippen molar-refractivity contribution < 1.29 is 5.11 Å². The molecule has 0 atom stereocenters. The number of aromatic nitrogens is 2. The Hall–Kier alpha value is -1.79. The van der Waals surface area contributed by atoms with Gasteiger partial charge in [-0.3, -0.25) is 4.79 Å². The lowest BCUT2D eigenvalue weighted by Gasteiger charge is -2.02. The summed E-state index contributed by atoms with van der Waals surface area (Å²) in [6, 6.07) is 8.55. The maximum atomic E-state index is 11.2. The van der Waals surface area contributed by atoms with E-state index in [9.17, 15) is 4.79 Å². The number of nitrogens with two attached hydrogens (primary N) is 1. The van der Waals surface area contributed by atoms with Crippen LogP contribution in [0.5, 0.6) is 0 Å². The van der Waals surface area contributed by atoms with Gasteiger partial charge in [0.15, 0.2) is 5.16 Å². The molecule has 0 amide bonds. The van der Waals surface area contributed by atoms with Gasteiger partial charge in [-0.05, 0) is 17.7 Å². The van der Waals surface area contributed by atoms with Crippen molar-refractivity contribution in [2.75, 3.05) is 5.73 Å². The number of hydrogen-bond acceptors (Lipinski definition) is 5. The number of anilines is 1. The van der Waals surface area contributed by atoms with E-state index >= 15 is 0 Å². The van der Waals surface area contributed by atoms with Crippen LogP contribution in [0.3, 0.4) is 0 Å². The second kappa shape index (κ2) is 5.03. The fourth-order valence-electron chi connectivity index (χ4n) is 1.28. The molecule has 1 heterocycles. The van der Waals surface area contributed by atoms with Gasteiger partial charge in [-0.2, -0.15) is 0 Å². The van der Waals surface area contributed by atoms with Crippen molar-refractivity contribution in [3.63, 3.8) is 0 Å². The molecular formula is C11H11N3O2S. The second-order valence-electron chi connectivity index (χ2n) is 3.38. The molecule has 2 rings (SSSR count). The van der Waals surface area contributed by atoms with Gasteiger partial charge < -0.3 is 15.8 Å². The fraction of sp³-hybridized carbons (Fsp3) is 0.0909. The quantitative estimate of drug-likeness (QED) is 0.706. The van der Waals surface area contributed by atoms with Crippen molar-refractivity contribution in [1.29, 1.82) is 0 Å². The van der Waals surface area contributed by atoms with Crippen LogP contribution in [0, 0.1) is 0 Å². The Bertz CT molecular complexity index is 566. The maximum Gasteiger partial charge on any atom is 0.253 e. The number of benzene rings is 1. The van der Waals surface area contributed by atoms with Gasteiger partial charge in [0.25, 0.3) is 5.56 Å². The Labute approximate surface area is 102 Å². The smallest absolute Gasteiger partial charge is 0.253 e. The minimum absolute atomic E-state index is 0.0122. The number of aromatic amines is 1. The minimum Gasteiger partial charge on any atom is -0.392 e. The molecule has 1 aromatic heterocycles. The first-order valence-corrected chi connectivity index (χ1v) is 5.73. The van der Waals surface area contributed by atoms with E-state index in [0.29, 0.717) is 5.16 Å². The van der Waals surface area contributed by atoms with Crippen LogP contribution in [0.1, 0.15) is 5.56 Å². The fourth-order valence-corrected chi connectivity index (χ4v) is 2.07. The highest BCUT2D eigenvalue weighted by Crippen LogP contribution is 2.24. The Morgan fingerprint density at radius 3 is 2.65 bits per heavy atom. The molecule has 17 heavy (non-hydrogen) atoms. The van der Waals surface area contributed by atoms with Crippen LogP contribution in [0.25, 0.3) is 0 Å². The third-order valence-corrected chi connectivity index (χ3v) is 2.95. The average Bonchev–Trinajstić information content (AvgIpc) is 2.28. The van der Waals surface area contributed by atoms with E-state index in [1.807, 2.05) is 24.3 Å². The molecule has 0 spiro atoms. The van der Waals surface area contributed by atoms with Crippen molar-refractivity contribution in [2.45, 2.75) is 16.7 Å². The standard InChI is InChI=1S/C11H11N3O2S/c12-9-5-10(16)14-11(13-9)17-8-3-1-7(6-15)2-4-8/h1-5,15H,6H2,(H3,12,13,14,16). The third kappa shape index (κ3) is 3.08. The summed E-state index contributed by atoms with van der Waals surface area (Å²) in [5.74, 6) is 0.197. The number of rotatable bonds is 3. The Kier molecular flexibility index (Phi) is 3.46. The van der Waals surface area contributed by atoms with Gasteiger partial charge in [0.1, 0.15) is 5.82 Å². The Balaban J connectivity index is 2.22. The summed E-state index contributed by atoms with van der Waals surface area (Å²) < 4.78 is 0. The van der Waals surface area contributed by atoms with Gasteiger partial charge in [-0.25, -0.2) is 4.98 Å². The van der Waals surface area contributed by atoms with Crippen molar-refractivity contribution in [3.05, 3.63) is 46.2 Å². The van der Waals surface area contributed by atoms with E-state index in [1.54, 1.807) is 0 Å². The number of aliphatic hydroxyl groups excluding tert-OH is 1. The summed E-state index contributed by atoms with van der Waals surface area (Å²) in [7, 11) is 0. The largest absolute Gasteiger partial charge is 0.392 e. The van der Waals surface area contributed by atoms with Gasteiger partial charge in [0.05, 0.1) is 6.61 Å². The third-order valence-electron chi connectivity index (χ3n) is 2.06. The lowest BCUT2D eigenvalue weighted by atomic mass is 10.2. The van der Waals surface area contributed by atoms with E-state index in [1.165, 1.54) is 17.8 Å². The van der Waals surface area contributed by atoms with Gasteiger partial charge in [-0.15, -0.1) is 0 Å². The van der Waals surface area contributed by atoms with Gasteiger partial charge in [0.2, 0.25) is 0 Å². The van der Waals surface area contributed by atoms with Crippen molar-refractivity contribution in [1.82, 2.24) is 9.97 Å². The van der Waals surface area contributed by atoms with Crippen LogP contribution in [-0.2, 0) is 6.61 Å². The highest BCUT2D eigenvalue weighted by Gasteiger charge is 2.01. The molecule has 0 bridgehead atoms. The van der Waals surface area contributed by atoms with Gasteiger partial charge in [0, 0.05) is 11.0 Å². The summed E-state index contributed by atoms with van der Waals surface area (Å²) in [5.41, 5.74) is 6.05. The van der Waals surface area contributed by atoms with Crippen LogP contribution in [0.15, 0.2) is 45.2 Å². The van der Waals surface area contributed by atoms with Crippen LogP contribution in [0.4, 0.5) is 5.82 Å². The Morgan fingerprint density at radius 2 is 2.06 bits per heavy atom. The van der Waals surface area contributed by atoms with Gasteiger partial charge in [-0.1, -0.05) is 23.9 Å². The molecule has 6 heteroatoms. The molecule has 0 fully saturated rings. The lowest BCUT2D eigenvalue weighted by Crippen LogP contribution is -2.09. The number of aliphatic hydroxyl groups is 1. The molecule has 4 N–H and O–H groups in total. The molecule has 2 aromatic rings. The number of hydrogen-bond donors (Lipinski definition) is 3. The lowest BCUT2D eigenvalue weighted by molar-refractivity contribution is 0.282. The van der Waals surface area contributed by atoms with Crippen molar-refractivity contribution in [3.8, 4) is 0 Å². The molecule has 0 aliphatic rings. The molecule has 0 unspecified atom stereocenters. The van der Waals surface area contributed by atoms with E-state index in [2.05, 4.69) is 9.97 Å². The molecule has 0 aliphatic heterocycles. The van der Waals surface area contributed by atoms with Gasteiger partial charge >= 0.3 is 0 Å². The zero-order valence-corrected chi connectivity index (χ0v) is 9.70. The van der Waals surface area contributed by atoms with Crippen LogP contribution < -0.4 is 11.3 Å². The molecule has 0 saturated heterocycles. The van der Waals surface area contributed by atoms with E-state index in [0.717, 1.165) is 10.5 Å². The van der Waals surface area contributed by atoms with Crippen molar-refractivity contribution >= 4 is 17.6 Å². The zero-order valence-electron chi connectivity index (χ0n) is 8.88. The summed E-state index contributed by atoms with van der Waals surface area (Å²) in [6.45, 7) is 0.0122. The predicted octanol–water partition coefficient (Wildman–Crippen LogP) is 0.996. The number of nitrogen functional groups attached to an aromatic ring is 1. The maximum absolute atomic E-state index is 11.2. The molecule has 5 nitrogen and oxygen atoms in total. The molecule has 0 aliphatic carbocycles. The zero-order chi connectivity index (χ0) is 12.3. The summed E-state index contributed by atoms with van der Waals surface area (Å²) in [5, 5.41) is 9.36. The van der Waals surface area contributed by atoms with E-state index in [4.69, 9.17) is 10.8 Å². The molecule has 0 saturated carbocycles. The first-order chi connectivity index (χ1) is 8.17. The summed E-state index contributed by atoms with van der Waals surface area (Å²) in [4.78, 5) is 18.7. The monoisotopic (exact) mass is 249 g/mol. The number of nitrogens with zero attached hydrogens (tertiary/aromatic N) is 1. The number of H-pyrrole nitrogens is 1. The first kappa shape index (κ1) is 11.7. The normalized spacial score (nSPS) is 10.4. The SMILES string of the molecule is Nc1cc(=O)[nH]c(Sc2ccc(CO)cc2)n1. The first-order valence-electron chi connectivity index (χ1n) is 4.92. The molecule has 1 aromatic carbocycles. The van der Waals surface area contributed by atoms with Crippen molar-refractivity contribution in [2.24, 2.45) is 0 Å².